The van der Waals surface area contributed by atoms with E-state index >= 15 is 0 Å². The van der Waals surface area contributed by atoms with Crippen molar-refractivity contribution in [2.75, 3.05) is 40.8 Å². The molecule has 1 aromatic carbocycles. The predicted octanol–water partition coefficient (Wildman–Crippen LogP) is 3.05. The highest BCUT2D eigenvalue weighted by Crippen LogP contribution is 2.03. The molecule has 0 aliphatic rings. The molecule has 0 radical (unpaired) electrons. The molecule has 24 heavy (non-hydrogen) atoms. The molecular formula is C19H33FN4. The SMILES string of the molecule is CN=C(NCCCCCCCN(C)C)NCCc1ccc(F)cc1. The lowest BCUT2D eigenvalue weighted by Crippen LogP contribution is -2.38. The van der Waals surface area contributed by atoms with Gasteiger partial charge in [0.1, 0.15) is 5.82 Å². The molecule has 4 nitrogen and oxygen atoms in total. The first-order valence-corrected chi connectivity index (χ1v) is 8.95. The van der Waals surface area contributed by atoms with E-state index in [1.54, 1.807) is 7.05 Å². The minimum absolute atomic E-state index is 0.189. The highest BCUT2D eigenvalue weighted by molar-refractivity contribution is 5.79. The van der Waals surface area contributed by atoms with Crippen LogP contribution in [0, 0.1) is 5.82 Å². The highest BCUT2D eigenvalue weighted by atomic mass is 19.1. The molecule has 0 unspecified atom stereocenters. The van der Waals surface area contributed by atoms with Crippen molar-refractivity contribution in [2.24, 2.45) is 4.99 Å². The van der Waals surface area contributed by atoms with Crippen molar-refractivity contribution in [2.45, 2.75) is 38.5 Å². The van der Waals surface area contributed by atoms with E-state index in [4.69, 9.17) is 0 Å². The molecule has 0 aliphatic carbocycles. The first-order valence-electron chi connectivity index (χ1n) is 8.95. The molecule has 0 amide bonds. The fourth-order valence-electron chi connectivity index (χ4n) is 2.49. The summed E-state index contributed by atoms with van der Waals surface area (Å²) in [5, 5.41) is 6.64. The molecular weight excluding hydrogens is 303 g/mol. The number of hydrogen-bond donors (Lipinski definition) is 2. The Hall–Kier alpha value is -1.62. The predicted molar refractivity (Wildman–Crippen MR) is 101 cm³/mol. The maximum absolute atomic E-state index is 12.9. The average molecular weight is 336 g/mol. The van der Waals surface area contributed by atoms with Gasteiger partial charge in [-0.2, -0.15) is 0 Å². The lowest BCUT2D eigenvalue weighted by molar-refractivity contribution is 0.389. The van der Waals surface area contributed by atoms with E-state index < -0.39 is 0 Å². The monoisotopic (exact) mass is 336 g/mol. The van der Waals surface area contributed by atoms with Crippen LogP contribution >= 0.6 is 0 Å². The molecule has 0 heterocycles. The summed E-state index contributed by atoms with van der Waals surface area (Å²) < 4.78 is 12.9. The summed E-state index contributed by atoms with van der Waals surface area (Å²) >= 11 is 0. The molecule has 0 aliphatic heterocycles. The molecule has 0 spiro atoms. The molecule has 0 aromatic heterocycles. The van der Waals surface area contributed by atoms with Crippen LogP contribution in [0.2, 0.25) is 0 Å². The van der Waals surface area contributed by atoms with Crippen molar-refractivity contribution in [1.29, 1.82) is 0 Å². The molecule has 0 fully saturated rings. The molecule has 5 heteroatoms. The molecule has 0 saturated heterocycles. The summed E-state index contributed by atoms with van der Waals surface area (Å²) in [6.45, 7) is 2.92. The zero-order valence-corrected chi connectivity index (χ0v) is 15.4. The molecule has 0 saturated carbocycles. The molecule has 2 N–H and O–H groups in total. The van der Waals surface area contributed by atoms with Crippen LogP contribution in [0.3, 0.4) is 0 Å². The average Bonchev–Trinajstić information content (AvgIpc) is 2.57. The topological polar surface area (TPSA) is 39.7 Å². The second-order valence-electron chi connectivity index (χ2n) is 6.37. The first-order chi connectivity index (χ1) is 11.6. The molecule has 0 bridgehead atoms. The smallest absolute Gasteiger partial charge is 0.190 e. The van der Waals surface area contributed by atoms with Crippen LogP contribution < -0.4 is 10.6 Å². The molecule has 1 rings (SSSR count). The van der Waals surface area contributed by atoms with Crippen molar-refractivity contribution in [1.82, 2.24) is 15.5 Å². The summed E-state index contributed by atoms with van der Waals surface area (Å²) in [6, 6.07) is 6.65. The minimum Gasteiger partial charge on any atom is -0.356 e. The lowest BCUT2D eigenvalue weighted by atomic mass is 10.1. The van der Waals surface area contributed by atoms with Gasteiger partial charge in [0, 0.05) is 20.1 Å². The number of aliphatic imine (C=N–C) groups is 1. The van der Waals surface area contributed by atoms with Gasteiger partial charge in [0.25, 0.3) is 0 Å². The third-order valence-electron chi connectivity index (χ3n) is 3.92. The van der Waals surface area contributed by atoms with E-state index in [0.717, 1.165) is 31.0 Å². The van der Waals surface area contributed by atoms with Gasteiger partial charge in [-0.1, -0.05) is 31.4 Å². The summed E-state index contributed by atoms with van der Waals surface area (Å²) in [4.78, 5) is 6.47. The van der Waals surface area contributed by atoms with Crippen molar-refractivity contribution in [3.05, 3.63) is 35.6 Å². The van der Waals surface area contributed by atoms with Crippen LogP contribution in [-0.2, 0) is 6.42 Å². The lowest BCUT2D eigenvalue weighted by Gasteiger charge is -2.12. The van der Waals surface area contributed by atoms with E-state index in [2.05, 4.69) is 34.6 Å². The van der Waals surface area contributed by atoms with Crippen molar-refractivity contribution in [3.8, 4) is 0 Å². The maximum atomic E-state index is 12.9. The van der Waals surface area contributed by atoms with Crippen LogP contribution in [0.25, 0.3) is 0 Å². The molecule has 1 aromatic rings. The number of unbranched alkanes of at least 4 members (excludes halogenated alkanes) is 4. The zero-order valence-electron chi connectivity index (χ0n) is 15.4. The summed E-state index contributed by atoms with van der Waals surface area (Å²) in [5.41, 5.74) is 1.12. The number of guanidine groups is 1. The molecule has 136 valence electrons. The number of rotatable bonds is 11. The van der Waals surface area contributed by atoms with Gasteiger partial charge in [0.15, 0.2) is 5.96 Å². The Balaban J connectivity index is 2.03. The van der Waals surface area contributed by atoms with Crippen LogP contribution in [0.1, 0.15) is 37.7 Å². The third kappa shape index (κ3) is 10.2. The highest BCUT2D eigenvalue weighted by Gasteiger charge is 1.99. The second kappa shape index (κ2) is 12.8. The third-order valence-corrected chi connectivity index (χ3v) is 3.92. The van der Waals surface area contributed by atoms with Gasteiger partial charge in [-0.15, -0.1) is 0 Å². The largest absolute Gasteiger partial charge is 0.356 e. The van der Waals surface area contributed by atoms with Crippen LogP contribution in [0.5, 0.6) is 0 Å². The normalized spacial score (nSPS) is 11.8. The van der Waals surface area contributed by atoms with Gasteiger partial charge in [-0.3, -0.25) is 4.99 Å². The number of halogens is 1. The van der Waals surface area contributed by atoms with Gasteiger partial charge in [0.2, 0.25) is 0 Å². The quantitative estimate of drug-likeness (QED) is 0.371. The van der Waals surface area contributed by atoms with Gasteiger partial charge in [-0.25, -0.2) is 4.39 Å². The van der Waals surface area contributed by atoms with Crippen molar-refractivity contribution >= 4 is 5.96 Å². The Morgan fingerprint density at radius 1 is 0.958 bits per heavy atom. The Bertz CT molecular complexity index is 457. The van der Waals surface area contributed by atoms with Crippen LogP contribution in [0.15, 0.2) is 29.3 Å². The van der Waals surface area contributed by atoms with Crippen molar-refractivity contribution in [3.63, 3.8) is 0 Å². The van der Waals surface area contributed by atoms with E-state index in [9.17, 15) is 4.39 Å². The molecule has 0 atom stereocenters. The van der Waals surface area contributed by atoms with Crippen LogP contribution in [-0.4, -0.2) is 51.6 Å². The number of benzene rings is 1. The van der Waals surface area contributed by atoms with Gasteiger partial charge in [-0.05, 0) is 57.6 Å². The Morgan fingerprint density at radius 2 is 1.58 bits per heavy atom. The van der Waals surface area contributed by atoms with Gasteiger partial charge < -0.3 is 15.5 Å². The van der Waals surface area contributed by atoms with Gasteiger partial charge in [0.05, 0.1) is 0 Å². The Labute approximate surface area is 146 Å². The number of hydrogen-bond acceptors (Lipinski definition) is 2. The maximum Gasteiger partial charge on any atom is 0.190 e. The second-order valence-corrected chi connectivity index (χ2v) is 6.37. The fraction of sp³-hybridized carbons (Fsp3) is 0.632. The summed E-state index contributed by atoms with van der Waals surface area (Å²) in [6.07, 6.45) is 7.17. The van der Waals surface area contributed by atoms with Gasteiger partial charge >= 0.3 is 0 Å². The van der Waals surface area contributed by atoms with E-state index in [-0.39, 0.29) is 5.82 Å². The Morgan fingerprint density at radius 3 is 2.25 bits per heavy atom. The van der Waals surface area contributed by atoms with E-state index in [1.807, 2.05) is 12.1 Å². The number of nitrogens with zero attached hydrogens (tertiary/aromatic N) is 2. The van der Waals surface area contributed by atoms with E-state index in [0.29, 0.717) is 0 Å². The minimum atomic E-state index is -0.189. The fourth-order valence-corrected chi connectivity index (χ4v) is 2.49. The Kier molecular flexibility index (Phi) is 10.9. The standard InChI is InChI=1S/C19H33FN4/c1-21-19(22-14-7-5-4-6-8-16-24(2)3)23-15-13-17-9-11-18(20)12-10-17/h9-12H,4-8,13-16H2,1-3H3,(H2,21,22,23). The van der Waals surface area contributed by atoms with Crippen LogP contribution in [0.4, 0.5) is 4.39 Å². The first kappa shape index (κ1) is 20.4. The summed E-state index contributed by atoms with van der Waals surface area (Å²) in [7, 11) is 6.03. The van der Waals surface area contributed by atoms with Crippen molar-refractivity contribution < 1.29 is 4.39 Å². The summed E-state index contributed by atoms with van der Waals surface area (Å²) in [5.74, 6) is 0.649. The zero-order chi connectivity index (χ0) is 17.6. The van der Waals surface area contributed by atoms with E-state index in [1.165, 1.54) is 50.8 Å². The number of nitrogens with one attached hydrogen (secondary N) is 2.